The number of hydrogen-bond donors (Lipinski definition) is 0. The molecule has 136 valence electrons. The number of pyridine rings is 1. The molecule has 3 aromatic rings. The van der Waals surface area contributed by atoms with Crippen LogP contribution in [0.4, 0.5) is 0 Å². The Morgan fingerprint density at radius 2 is 1.81 bits per heavy atom. The van der Waals surface area contributed by atoms with Crippen LogP contribution >= 0.6 is 11.3 Å². The molecule has 0 spiro atoms. The van der Waals surface area contributed by atoms with Crippen LogP contribution in [0.3, 0.4) is 0 Å². The summed E-state index contributed by atoms with van der Waals surface area (Å²) in [6.45, 7) is 2.00. The van der Waals surface area contributed by atoms with Gasteiger partial charge in [-0.05, 0) is 23.6 Å². The number of rotatable bonds is 8. The van der Waals surface area contributed by atoms with Gasteiger partial charge in [-0.1, -0.05) is 24.3 Å². The molecule has 1 amide bonds. The van der Waals surface area contributed by atoms with Gasteiger partial charge >= 0.3 is 0 Å². The molecule has 0 radical (unpaired) electrons. The molecule has 5 nitrogen and oxygen atoms in total. The second kappa shape index (κ2) is 8.89. The number of methoxy groups -OCH3 is 2. The zero-order chi connectivity index (χ0) is 18.4. The predicted molar refractivity (Wildman–Crippen MR) is 105 cm³/mol. The van der Waals surface area contributed by atoms with E-state index < -0.39 is 0 Å². The van der Waals surface area contributed by atoms with E-state index in [1.807, 2.05) is 47.8 Å². The number of para-hydroxylation sites is 1. The lowest BCUT2D eigenvalue weighted by Gasteiger charge is -2.23. The lowest BCUT2D eigenvalue weighted by atomic mass is 10.1. The van der Waals surface area contributed by atoms with E-state index in [-0.39, 0.29) is 5.91 Å². The van der Waals surface area contributed by atoms with Crippen molar-refractivity contribution in [2.45, 2.75) is 0 Å². The molecule has 0 N–H and O–H groups in total. The first-order valence-corrected chi connectivity index (χ1v) is 9.33. The van der Waals surface area contributed by atoms with Gasteiger partial charge in [-0.15, -0.1) is 11.3 Å². The van der Waals surface area contributed by atoms with E-state index in [1.54, 1.807) is 30.5 Å². The van der Waals surface area contributed by atoms with Crippen molar-refractivity contribution in [2.24, 2.45) is 0 Å². The number of nitrogens with zero attached hydrogens (tertiary/aromatic N) is 2. The van der Waals surface area contributed by atoms with E-state index in [1.165, 1.54) is 0 Å². The van der Waals surface area contributed by atoms with Gasteiger partial charge in [-0.2, -0.15) is 0 Å². The molecule has 0 fully saturated rings. The Bertz CT molecular complexity index is 857. The lowest BCUT2D eigenvalue weighted by molar-refractivity contribution is 0.0629. The van der Waals surface area contributed by atoms with Crippen LogP contribution in [-0.2, 0) is 9.47 Å². The van der Waals surface area contributed by atoms with Crippen molar-refractivity contribution in [3.63, 3.8) is 0 Å². The second-order valence-electron chi connectivity index (χ2n) is 5.83. The Morgan fingerprint density at radius 1 is 1.08 bits per heavy atom. The maximum absolute atomic E-state index is 13.3. The fraction of sp³-hybridized carbons (Fsp3) is 0.300. The minimum atomic E-state index is -0.0319. The molecule has 3 rings (SSSR count). The van der Waals surface area contributed by atoms with Crippen molar-refractivity contribution < 1.29 is 14.3 Å². The van der Waals surface area contributed by atoms with Gasteiger partial charge in [0, 0.05) is 32.7 Å². The molecule has 0 aliphatic carbocycles. The topological polar surface area (TPSA) is 51.7 Å². The summed E-state index contributed by atoms with van der Waals surface area (Å²) in [6.07, 6.45) is 0. The summed E-state index contributed by atoms with van der Waals surface area (Å²) in [4.78, 5) is 20.8. The predicted octanol–water partition coefficient (Wildman–Crippen LogP) is 3.70. The quantitative estimate of drug-likeness (QED) is 0.607. The molecule has 0 atom stereocenters. The Morgan fingerprint density at radius 3 is 2.46 bits per heavy atom. The molecule has 0 unspecified atom stereocenters. The van der Waals surface area contributed by atoms with E-state index in [0.717, 1.165) is 21.5 Å². The summed E-state index contributed by atoms with van der Waals surface area (Å²) in [5.41, 5.74) is 2.30. The smallest absolute Gasteiger partial charge is 0.254 e. The van der Waals surface area contributed by atoms with Crippen molar-refractivity contribution >= 4 is 28.1 Å². The van der Waals surface area contributed by atoms with Crippen LogP contribution in [0.25, 0.3) is 21.5 Å². The van der Waals surface area contributed by atoms with Gasteiger partial charge in [-0.3, -0.25) is 4.79 Å². The van der Waals surface area contributed by atoms with Crippen molar-refractivity contribution in [1.82, 2.24) is 9.88 Å². The number of benzene rings is 1. The zero-order valence-electron chi connectivity index (χ0n) is 15.0. The minimum Gasteiger partial charge on any atom is -0.383 e. The van der Waals surface area contributed by atoms with E-state index in [0.29, 0.717) is 31.9 Å². The first-order valence-electron chi connectivity index (χ1n) is 8.45. The van der Waals surface area contributed by atoms with Gasteiger partial charge in [0.25, 0.3) is 5.91 Å². The fourth-order valence-corrected chi connectivity index (χ4v) is 3.48. The number of aromatic nitrogens is 1. The van der Waals surface area contributed by atoms with Crippen LogP contribution in [0.15, 0.2) is 47.8 Å². The van der Waals surface area contributed by atoms with Gasteiger partial charge in [0.15, 0.2) is 0 Å². The third-order valence-electron chi connectivity index (χ3n) is 4.14. The molecule has 1 aromatic carbocycles. The molecule has 6 heteroatoms. The Hall–Kier alpha value is -2.28. The highest BCUT2D eigenvalue weighted by Crippen LogP contribution is 2.28. The molecule has 0 saturated carbocycles. The van der Waals surface area contributed by atoms with Crippen LogP contribution in [0, 0.1) is 0 Å². The van der Waals surface area contributed by atoms with Crippen LogP contribution in [-0.4, -0.2) is 56.3 Å². The van der Waals surface area contributed by atoms with Gasteiger partial charge in [-0.25, -0.2) is 4.98 Å². The van der Waals surface area contributed by atoms with E-state index in [4.69, 9.17) is 14.5 Å². The number of ether oxygens (including phenoxy) is 2. The van der Waals surface area contributed by atoms with Gasteiger partial charge in [0.2, 0.25) is 0 Å². The number of carbonyl (C=O) groups excluding carboxylic acids is 1. The number of carbonyl (C=O) groups is 1. The fourth-order valence-electron chi connectivity index (χ4n) is 2.79. The average molecular weight is 370 g/mol. The third-order valence-corrected chi connectivity index (χ3v) is 5.03. The van der Waals surface area contributed by atoms with Crippen LogP contribution in [0.1, 0.15) is 10.4 Å². The molecule has 0 aliphatic heterocycles. The number of hydrogen-bond acceptors (Lipinski definition) is 5. The summed E-state index contributed by atoms with van der Waals surface area (Å²) < 4.78 is 10.3. The Labute approximate surface area is 157 Å². The molecular weight excluding hydrogens is 348 g/mol. The molecular formula is C20H22N2O3S. The summed E-state index contributed by atoms with van der Waals surface area (Å²) in [5.74, 6) is -0.0319. The molecule has 0 saturated heterocycles. The average Bonchev–Trinajstić information content (AvgIpc) is 3.21. The van der Waals surface area contributed by atoms with Crippen molar-refractivity contribution in [1.29, 1.82) is 0 Å². The Kier molecular flexibility index (Phi) is 6.33. The highest BCUT2D eigenvalue weighted by atomic mass is 32.1. The first-order chi connectivity index (χ1) is 12.7. The van der Waals surface area contributed by atoms with Crippen LogP contribution in [0.5, 0.6) is 0 Å². The minimum absolute atomic E-state index is 0.0319. The van der Waals surface area contributed by atoms with Gasteiger partial charge in [0.05, 0.1) is 34.9 Å². The third kappa shape index (κ3) is 4.09. The van der Waals surface area contributed by atoms with E-state index in [9.17, 15) is 4.79 Å². The first kappa shape index (κ1) is 18.5. The standard InChI is InChI=1S/C20H22N2O3S/c1-24-11-9-22(10-12-25-2)20(23)16-14-18(19-8-5-13-26-19)21-17-7-4-3-6-15(16)17/h3-8,13-14H,9-12H2,1-2H3. The highest BCUT2D eigenvalue weighted by molar-refractivity contribution is 7.13. The summed E-state index contributed by atoms with van der Waals surface area (Å²) in [6, 6.07) is 13.7. The normalized spacial score (nSPS) is 11.0. The second-order valence-corrected chi connectivity index (χ2v) is 6.78. The van der Waals surface area contributed by atoms with Crippen molar-refractivity contribution in [2.75, 3.05) is 40.5 Å². The lowest BCUT2D eigenvalue weighted by Crippen LogP contribution is -2.36. The van der Waals surface area contributed by atoms with Gasteiger partial charge in [0.1, 0.15) is 0 Å². The molecule has 2 heterocycles. The molecule has 0 aliphatic rings. The van der Waals surface area contributed by atoms with Crippen molar-refractivity contribution in [3.05, 3.63) is 53.4 Å². The number of amides is 1. The van der Waals surface area contributed by atoms with Crippen LogP contribution < -0.4 is 0 Å². The summed E-state index contributed by atoms with van der Waals surface area (Å²) in [5, 5.41) is 2.87. The number of thiophene rings is 1. The van der Waals surface area contributed by atoms with Crippen LogP contribution in [0.2, 0.25) is 0 Å². The van der Waals surface area contributed by atoms with Gasteiger partial charge < -0.3 is 14.4 Å². The molecule has 0 bridgehead atoms. The summed E-state index contributed by atoms with van der Waals surface area (Å²) >= 11 is 1.61. The maximum Gasteiger partial charge on any atom is 0.254 e. The summed E-state index contributed by atoms with van der Waals surface area (Å²) in [7, 11) is 3.27. The Balaban J connectivity index is 2.04. The van der Waals surface area contributed by atoms with E-state index in [2.05, 4.69) is 0 Å². The SMILES string of the molecule is COCCN(CCOC)C(=O)c1cc(-c2cccs2)nc2ccccc12. The largest absolute Gasteiger partial charge is 0.383 e. The zero-order valence-corrected chi connectivity index (χ0v) is 15.8. The molecule has 26 heavy (non-hydrogen) atoms. The maximum atomic E-state index is 13.3. The number of fused-ring (bicyclic) bond motifs is 1. The van der Waals surface area contributed by atoms with E-state index >= 15 is 0 Å². The van der Waals surface area contributed by atoms with Crippen molar-refractivity contribution in [3.8, 4) is 10.6 Å². The monoisotopic (exact) mass is 370 g/mol. The highest BCUT2D eigenvalue weighted by Gasteiger charge is 2.20. The molecule has 2 aromatic heterocycles.